The minimum absolute atomic E-state index is 0.367. The molecule has 1 heterocycles. The SMILES string of the molecule is CC(C)(OC(=O)c1cc(Br)cc(Br)c1N)C1CC[NH2+]CC1. The Bertz CT molecular complexity index is 541. The van der Waals surface area contributed by atoms with Crippen molar-refractivity contribution in [2.45, 2.75) is 32.3 Å². The normalized spacial score (nSPS) is 16.8. The molecule has 1 aromatic carbocycles. The third-order valence-corrected chi connectivity index (χ3v) is 5.21. The van der Waals surface area contributed by atoms with Gasteiger partial charge in [-0.05, 0) is 41.9 Å². The van der Waals surface area contributed by atoms with Gasteiger partial charge in [-0.3, -0.25) is 0 Å². The van der Waals surface area contributed by atoms with E-state index in [1.54, 1.807) is 6.07 Å². The predicted molar refractivity (Wildman–Crippen MR) is 90.1 cm³/mol. The smallest absolute Gasteiger partial charge is 0.340 e. The minimum Gasteiger partial charge on any atom is -0.456 e. The lowest BCUT2D eigenvalue weighted by Crippen LogP contribution is -2.86. The van der Waals surface area contributed by atoms with Gasteiger partial charge in [0, 0.05) is 27.7 Å². The first-order valence-corrected chi connectivity index (χ1v) is 8.69. The van der Waals surface area contributed by atoms with Crippen molar-refractivity contribution in [3.63, 3.8) is 0 Å². The monoisotopic (exact) mass is 419 g/mol. The van der Waals surface area contributed by atoms with Crippen LogP contribution in [0, 0.1) is 5.92 Å². The van der Waals surface area contributed by atoms with Crippen molar-refractivity contribution >= 4 is 43.5 Å². The van der Waals surface area contributed by atoms with E-state index in [0.29, 0.717) is 21.6 Å². The lowest BCUT2D eigenvalue weighted by molar-refractivity contribution is -0.665. The standard InChI is InChI=1S/C15H20Br2N2O2/c1-15(2,9-3-5-19-6-4-9)21-14(20)11-7-10(16)8-12(17)13(11)18/h7-9,19H,3-6,18H2,1-2H3/p+1. The Morgan fingerprint density at radius 2 is 1.95 bits per heavy atom. The molecule has 0 saturated carbocycles. The lowest BCUT2D eigenvalue weighted by Gasteiger charge is -2.35. The zero-order chi connectivity index (χ0) is 15.6. The largest absolute Gasteiger partial charge is 0.456 e. The average molecular weight is 421 g/mol. The van der Waals surface area contributed by atoms with E-state index < -0.39 is 5.60 Å². The Balaban J connectivity index is 2.17. The Morgan fingerprint density at radius 3 is 2.57 bits per heavy atom. The molecule has 2 rings (SSSR count). The Labute approximate surface area is 142 Å². The van der Waals surface area contributed by atoms with Gasteiger partial charge >= 0.3 is 5.97 Å². The summed E-state index contributed by atoms with van der Waals surface area (Å²) < 4.78 is 7.26. The van der Waals surface area contributed by atoms with Gasteiger partial charge in [-0.2, -0.15) is 0 Å². The van der Waals surface area contributed by atoms with Crippen LogP contribution in [-0.2, 0) is 4.74 Å². The first-order valence-electron chi connectivity index (χ1n) is 7.11. The number of nitrogens with two attached hydrogens (primary N) is 2. The highest BCUT2D eigenvalue weighted by Crippen LogP contribution is 2.32. The number of halogens is 2. The average Bonchev–Trinajstić information content (AvgIpc) is 2.43. The number of benzene rings is 1. The van der Waals surface area contributed by atoms with Gasteiger partial charge in [0.1, 0.15) is 5.60 Å². The molecule has 4 N–H and O–H groups in total. The highest BCUT2D eigenvalue weighted by atomic mass is 79.9. The summed E-state index contributed by atoms with van der Waals surface area (Å²) in [6.07, 6.45) is 2.13. The maximum absolute atomic E-state index is 12.5. The molecule has 0 amide bonds. The summed E-state index contributed by atoms with van der Waals surface area (Å²) >= 11 is 6.73. The molecule has 1 aliphatic rings. The van der Waals surface area contributed by atoms with E-state index in [-0.39, 0.29) is 5.97 Å². The molecule has 0 bridgehead atoms. The van der Waals surface area contributed by atoms with Crippen molar-refractivity contribution in [2.24, 2.45) is 5.92 Å². The fourth-order valence-electron chi connectivity index (χ4n) is 2.75. The van der Waals surface area contributed by atoms with Crippen molar-refractivity contribution in [1.82, 2.24) is 0 Å². The van der Waals surface area contributed by atoms with E-state index in [0.717, 1.165) is 30.4 Å². The number of quaternary nitrogens is 1. The summed E-state index contributed by atoms with van der Waals surface area (Å²) in [6, 6.07) is 3.52. The van der Waals surface area contributed by atoms with Crippen molar-refractivity contribution in [3.8, 4) is 0 Å². The molecule has 21 heavy (non-hydrogen) atoms. The van der Waals surface area contributed by atoms with Crippen LogP contribution in [0.4, 0.5) is 5.69 Å². The van der Waals surface area contributed by atoms with Crippen molar-refractivity contribution in [3.05, 3.63) is 26.6 Å². The first-order chi connectivity index (χ1) is 9.81. The number of nitrogen functional groups attached to an aromatic ring is 1. The van der Waals surface area contributed by atoms with Crippen LogP contribution in [0.2, 0.25) is 0 Å². The number of ether oxygens (including phenoxy) is 1. The molecule has 1 saturated heterocycles. The number of piperidine rings is 1. The molecular formula is C15H21Br2N2O2+. The van der Waals surface area contributed by atoms with Gasteiger partial charge in [0.15, 0.2) is 0 Å². The van der Waals surface area contributed by atoms with Gasteiger partial charge in [-0.15, -0.1) is 0 Å². The van der Waals surface area contributed by atoms with E-state index in [2.05, 4.69) is 37.2 Å². The number of hydrogen-bond acceptors (Lipinski definition) is 3. The molecule has 0 unspecified atom stereocenters. The second kappa shape index (κ2) is 6.67. The predicted octanol–water partition coefficient (Wildman–Crippen LogP) is 2.70. The van der Waals surface area contributed by atoms with Gasteiger partial charge in [0.25, 0.3) is 0 Å². The summed E-state index contributed by atoms with van der Waals surface area (Å²) in [7, 11) is 0. The quantitative estimate of drug-likeness (QED) is 0.583. The third-order valence-electron chi connectivity index (χ3n) is 4.09. The molecule has 1 fully saturated rings. The molecule has 116 valence electrons. The van der Waals surface area contributed by atoms with E-state index in [1.165, 1.54) is 0 Å². The third kappa shape index (κ3) is 3.99. The van der Waals surface area contributed by atoms with Crippen molar-refractivity contribution in [1.29, 1.82) is 0 Å². The molecule has 0 spiro atoms. The maximum atomic E-state index is 12.5. The topological polar surface area (TPSA) is 68.9 Å². The highest BCUT2D eigenvalue weighted by molar-refractivity contribution is 9.11. The van der Waals surface area contributed by atoms with Crippen LogP contribution in [0.3, 0.4) is 0 Å². The number of rotatable bonds is 3. The van der Waals surface area contributed by atoms with Crippen LogP contribution in [0.25, 0.3) is 0 Å². The van der Waals surface area contributed by atoms with E-state index in [9.17, 15) is 4.79 Å². The van der Waals surface area contributed by atoms with Crippen molar-refractivity contribution < 1.29 is 14.8 Å². The molecule has 0 radical (unpaired) electrons. The minimum atomic E-state index is -0.480. The number of hydrogen-bond donors (Lipinski definition) is 2. The van der Waals surface area contributed by atoms with Crippen LogP contribution in [0.1, 0.15) is 37.0 Å². The Hall–Kier alpha value is -0.590. The molecule has 0 aromatic heterocycles. The fraction of sp³-hybridized carbons (Fsp3) is 0.533. The van der Waals surface area contributed by atoms with Crippen LogP contribution < -0.4 is 11.1 Å². The maximum Gasteiger partial charge on any atom is 0.340 e. The Morgan fingerprint density at radius 1 is 1.33 bits per heavy atom. The van der Waals surface area contributed by atoms with Gasteiger partial charge in [-0.25, -0.2) is 4.79 Å². The van der Waals surface area contributed by atoms with Crippen molar-refractivity contribution in [2.75, 3.05) is 18.8 Å². The van der Waals surface area contributed by atoms with E-state index >= 15 is 0 Å². The number of anilines is 1. The number of esters is 1. The van der Waals surface area contributed by atoms with Gasteiger partial charge in [-0.1, -0.05) is 15.9 Å². The van der Waals surface area contributed by atoms with Gasteiger partial charge < -0.3 is 15.8 Å². The molecule has 1 aromatic rings. The summed E-state index contributed by atoms with van der Waals surface area (Å²) in [5.74, 6) is 0.0253. The number of carbonyl (C=O) groups is 1. The molecule has 1 aliphatic heterocycles. The van der Waals surface area contributed by atoms with Gasteiger partial charge in [0.05, 0.1) is 24.3 Å². The number of carbonyl (C=O) groups excluding carboxylic acids is 1. The lowest BCUT2D eigenvalue weighted by atomic mass is 9.83. The molecule has 6 heteroatoms. The van der Waals surface area contributed by atoms with Gasteiger partial charge in [0.2, 0.25) is 0 Å². The summed E-state index contributed by atoms with van der Waals surface area (Å²) in [6.45, 7) is 6.17. The zero-order valence-corrected chi connectivity index (χ0v) is 15.5. The van der Waals surface area contributed by atoms with Crippen LogP contribution in [-0.4, -0.2) is 24.7 Å². The summed E-state index contributed by atoms with van der Waals surface area (Å²) in [5.41, 5.74) is 6.30. The Kier molecular flexibility index (Phi) is 5.33. The molecule has 0 atom stereocenters. The molecule has 4 nitrogen and oxygen atoms in total. The molecular weight excluding hydrogens is 400 g/mol. The fourth-order valence-corrected chi connectivity index (χ4v) is 3.98. The second-order valence-corrected chi connectivity index (χ2v) is 7.75. The summed E-state index contributed by atoms with van der Waals surface area (Å²) in [4.78, 5) is 12.5. The van der Waals surface area contributed by atoms with Crippen LogP contribution >= 0.6 is 31.9 Å². The highest BCUT2D eigenvalue weighted by Gasteiger charge is 2.36. The zero-order valence-electron chi connectivity index (χ0n) is 12.3. The van der Waals surface area contributed by atoms with Crippen LogP contribution in [0.5, 0.6) is 0 Å². The second-order valence-electron chi connectivity index (χ2n) is 5.98. The first kappa shape index (κ1) is 16.8. The summed E-state index contributed by atoms with van der Waals surface area (Å²) in [5, 5.41) is 2.30. The van der Waals surface area contributed by atoms with Crippen LogP contribution in [0.15, 0.2) is 21.1 Å². The molecule has 0 aliphatic carbocycles. The van der Waals surface area contributed by atoms with E-state index in [4.69, 9.17) is 10.5 Å². The van der Waals surface area contributed by atoms with E-state index in [1.807, 2.05) is 19.9 Å².